The average molecular weight is 368 g/mol. The summed E-state index contributed by atoms with van der Waals surface area (Å²) in [4.78, 5) is 15.7. The Bertz CT molecular complexity index is 471. The van der Waals surface area contributed by atoms with Gasteiger partial charge in [0.1, 0.15) is 6.10 Å². The predicted octanol–water partition coefficient (Wildman–Crippen LogP) is 4.76. The molecule has 2 bridgehead atoms. The number of nitrogens with zero attached hydrogens (tertiary/aromatic N) is 1. The summed E-state index contributed by atoms with van der Waals surface area (Å²) in [7, 11) is 2.23. The Morgan fingerprint density at radius 3 is 2.40 bits per heavy atom. The van der Waals surface area contributed by atoms with E-state index in [1.807, 2.05) is 0 Å². The molecule has 2 unspecified atom stereocenters. The van der Waals surface area contributed by atoms with E-state index >= 15 is 0 Å². The zero-order valence-electron chi connectivity index (χ0n) is 15.7. The van der Waals surface area contributed by atoms with E-state index < -0.39 is 0 Å². The van der Waals surface area contributed by atoms with E-state index in [9.17, 15) is 4.79 Å². The van der Waals surface area contributed by atoms with E-state index in [1.165, 1.54) is 51.4 Å². The summed E-state index contributed by atoms with van der Waals surface area (Å²) in [6, 6.07) is 1.09. The van der Waals surface area contributed by atoms with Gasteiger partial charge < -0.3 is 4.74 Å². The monoisotopic (exact) mass is 367 g/mol. The molecule has 0 spiro atoms. The first-order valence-corrected chi connectivity index (χ1v) is 11.1. The van der Waals surface area contributed by atoms with Gasteiger partial charge in [-0.25, -0.2) is 0 Å². The highest BCUT2D eigenvalue weighted by Gasteiger charge is 2.51. The van der Waals surface area contributed by atoms with Crippen molar-refractivity contribution in [1.82, 2.24) is 4.90 Å². The van der Waals surface area contributed by atoms with Crippen LogP contribution in [0.5, 0.6) is 0 Å². The number of fused-ring (bicyclic) bond motifs is 2. The molecule has 4 heteroatoms. The summed E-state index contributed by atoms with van der Waals surface area (Å²) < 4.78 is 6.08. The van der Waals surface area contributed by atoms with Gasteiger partial charge >= 0.3 is 5.97 Å². The number of rotatable bonds is 3. The van der Waals surface area contributed by atoms with Gasteiger partial charge in [0, 0.05) is 17.5 Å². The summed E-state index contributed by atoms with van der Waals surface area (Å²) in [5, 5.41) is 0.354. The summed E-state index contributed by atoms with van der Waals surface area (Å²) in [5.41, 5.74) is 0. The highest BCUT2D eigenvalue weighted by atomic mass is 35.5. The van der Waals surface area contributed by atoms with Gasteiger partial charge in [0.15, 0.2) is 0 Å². The third kappa shape index (κ3) is 3.74. The van der Waals surface area contributed by atoms with Crippen LogP contribution in [0.3, 0.4) is 0 Å². The Hall–Kier alpha value is -0.280. The molecule has 0 N–H and O–H groups in total. The molecule has 25 heavy (non-hydrogen) atoms. The van der Waals surface area contributed by atoms with Crippen LogP contribution in [0.2, 0.25) is 0 Å². The lowest BCUT2D eigenvalue weighted by Gasteiger charge is -2.46. The molecule has 2 saturated heterocycles. The molecule has 0 aromatic rings. The lowest BCUT2D eigenvalue weighted by atomic mass is 9.68. The Balaban J connectivity index is 1.48. The zero-order valence-corrected chi connectivity index (χ0v) is 16.4. The number of halogens is 1. The van der Waals surface area contributed by atoms with E-state index in [4.69, 9.17) is 16.3 Å². The highest BCUT2D eigenvalue weighted by Crippen LogP contribution is 2.48. The Labute approximate surface area is 157 Å². The van der Waals surface area contributed by atoms with Crippen LogP contribution >= 0.6 is 11.6 Å². The minimum absolute atomic E-state index is 0.0996. The number of esters is 1. The quantitative estimate of drug-likeness (QED) is 0.532. The Kier molecular flexibility index (Phi) is 5.62. The van der Waals surface area contributed by atoms with Crippen molar-refractivity contribution in [2.24, 2.45) is 17.8 Å². The molecular formula is C21H34ClNO2. The number of piperidine rings is 1. The molecule has 2 saturated carbocycles. The SMILES string of the molecule is CN1C2CC[C@@H]1C[C@H](C1CCC(Cl)CC1)C2C(=O)OC1CCCCC1. The third-order valence-corrected chi connectivity index (χ3v) is 8.17. The van der Waals surface area contributed by atoms with Crippen LogP contribution in [0, 0.1) is 17.8 Å². The molecule has 0 aromatic carbocycles. The molecule has 3 nitrogen and oxygen atoms in total. The smallest absolute Gasteiger partial charge is 0.311 e. The topological polar surface area (TPSA) is 29.5 Å². The third-order valence-electron chi connectivity index (χ3n) is 7.73. The van der Waals surface area contributed by atoms with E-state index in [-0.39, 0.29) is 18.0 Å². The minimum Gasteiger partial charge on any atom is -0.462 e. The minimum atomic E-state index is 0.0996. The first-order chi connectivity index (χ1) is 12.1. The maximum atomic E-state index is 13.2. The molecule has 4 rings (SSSR count). The number of carbonyl (C=O) groups is 1. The number of ether oxygens (including phenoxy) is 1. The molecule has 2 aliphatic heterocycles. The largest absolute Gasteiger partial charge is 0.462 e. The first-order valence-electron chi connectivity index (χ1n) is 10.7. The molecule has 0 aromatic heterocycles. The van der Waals surface area contributed by atoms with Crippen molar-refractivity contribution in [3.63, 3.8) is 0 Å². The molecule has 142 valence electrons. The van der Waals surface area contributed by atoms with Gasteiger partial charge in [0.05, 0.1) is 5.92 Å². The lowest BCUT2D eigenvalue weighted by molar-refractivity contribution is -0.164. The highest BCUT2D eigenvalue weighted by molar-refractivity contribution is 6.20. The first kappa shape index (κ1) is 18.1. The summed E-state index contributed by atoms with van der Waals surface area (Å²) in [5.74, 6) is 1.43. The van der Waals surface area contributed by atoms with Crippen LogP contribution in [0.1, 0.15) is 77.0 Å². The van der Waals surface area contributed by atoms with Gasteiger partial charge in [-0.05, 0) is 89.5 Å². The van der Waals surface area contributed by atoms with Crippen molar-refractivity contribution in [3.8, 4) is 0 Å². The second-order valence-electron chi connectivity index (χ2n) is 9.10. The lowest BCUT2D eigenvalue weighted by Crippen LogP contribution is -2.52. The Morgan fingerprint density at radius 1 is 0.960 bits per heavy atom. The predicted molar refractivity (Wildman–Crippen MR) is 101 cm³/mol. The van der Waals surface area contributed by atoms with Crippen LogP contribution in [0.4, 0.5) is 0 Å². The van der Waals surface area contributed by atoms with Gasteiger partial charge in [-0.2, -0.15) is 0 Å². The molecule has 4 atom stereocenters. The van der Waals surface area contributed by atoms with Crippen molar-refractivity contribution in [1.29, 1.82) is 0 Å². The second-order valence-corrected chi connectivity index (χ2v) is 9.72. The van der Waals surface area contributed by atoms with Gasteiger partial charge in [0.25, 0.3) is 0 Å². The second kappa shape index (κ2) is 7.76. The number of alkyl halides is 1. The van der Waals surface area contributed by atoms with Crippen molar-refractivity contribution >= 4 is 17.6 Å². The fourth-order valence-electron chi connectivity index (χ4n) is 6.25. The molecule has 4 fully saturated rings. The fourth-order valence-corrected chi connectivity index (χ4v) is 6.51. The van der Waals surface area contributed by atoms with E-state index in [2.05, 4.69) is 11.9 Å². The van der Waals surface area contributed by atoms with Crippen molar-refractivity contribution in [2.45, 2.75) is 101 Å². The van der Waals surface area contributed by atoms with Gasteiger partial charge in [-0.1, -0.05) is 6.42 Å². The van der Waals surface area contributed by atoms with Crippen molar-refractivity contribution < 1.29 is 9.53 Å². The maximum Gasteiger partial charge on any atom is 0.311 e. The maximum absolute atomic E-state index is 13.2. The molecule has 0 amide bonds. The summed E-state index contributed by atoms with van der Waals surface area (Å²) in [6.45, 7) is 0. The van der Waals surface area contributed by atoms with Gasteiger partial charge in [0.2, 0.25) is 0 Å². The number of hydrogen-bond donors (Lipinski definition) is 0. The Morgan fingerprint density at radius 2 is 1.68 bits per heavy atom. The summed E-state index contributed by atoms with van der Waals surface area (Å²) >= 11 is 6.34. The average Bonchev–Trinajstić information content (AvgIpc) is 2.86. The molecule has 2 heterocycles. The van der Waals surface area contributed by atoms with Crippen LogP contribution in [-0.2, 0) is 9.53 Å². The van der Waals surface area contributed by atoms with E-state index in [0.29, 0.717) is 29.3 Å². The molecule has 2 aliphatic carbocycles. The number of carbonyl (C=O) groups excluding carboxylic acids is 1. The van der Waals surface area contributed by atoms with Crippen LogP contribution in [0.15, 0.2) is 0 Å². The summed E-state index contributed by atoms with van der Waals surface area (Å²) in [6.07, 6.45) is 14.3. The van der Waals surface area contributed by atoms with E-state index in [0.717, 1.165) is 25.7 Å². The van der Waals surface area contributed by atoms with E-state index in [1.54, 1.807) is 0 Å². The fraction of sp³-hybridized carbons (Fsp3) is 0.952. The van der Waals surface area contributed by atoms with Gasteiger partial charge in [-0.15, -0.1) is 11.6 Å². The van der Waals surface area contributed by atoms with Crippen LogP contribution in [-0.4, -0.2) is 41.5 Å². The molecular weight excluding hydrogens is 334 g/mol. The molecule has 0 radical (unpaired) electrons. The zero-order chi connectivity index (χ0) is 17.4. The molecule has 4 aliphatic rings. The van der Waals surface area contributed by atoms with Crippen molar-refractivity contribution in [2.75, 3.05) is 7.05 Å². The van der Waals surface area contributed by atoms with Crippen molar-refractivity contribution in [3.05, 3.63) is 0 Å². The van der Waals surface area contributed by atoms with Crippen LogP contribution in [0.25, 0.3) is 0 Å². The standard InChI is InChI=1S/C21H34ClNO2/c1-23-16-11-12-19(23)20(21(24)25-17-5-3-2-4-6-17)18(13-16)14-7-9-15(22)10-8-14/h14-20H,2-13H2,1H3/t14?,15?,16-,18-,19?,20?/m1/s1. The van der Waals surface area contributed by atoms with Crippen LogP contribution < -0.4 is 0 Å². The normalized spacial score (nSPS) is 43.1. The van der Waals surface area contributed by atoms with Gasteiger partial charge in [-0.3, -0.25) is 9.69 Å². The number of hydrogen-bond acceptors (Lipinski definition) is 3.